The fourth-order valence-electron chi connectivity index (χ4n) is 1.30. The minimum atomic E-state index is 0.126. The maximum Gasteiger partial charge on any atom is 0.121 e. The zero-order valence-corrected chi connectivity index (χ0v) is 10.6. The van der Waals surface area contributed by atoms with Crippen molar-refractivity contribution in [2.75, 3.05) is 0 Å². The second-order valence-electron chi connectivity index (χ2n) is 3.93. The molecule has 0 bridgehead atoms. The van der Waals surface area contributed by atoms with Crippen LogP contribution in [0.2, 0.25) is 0 Å². The Balaban J connectivity index is 3.29. The first kappa shape index (κ1) is 10.8. The van der Waals surface area contributed by atoms with Crippen molar-refractivity contribution >= 4 is 22.6 Å². The summed E-state index contributed by atoms with van der Waals surface area (Å²) in [7, 11) is 0. The van der Waals surface area contributed by atoms with Crippen LogP contribution >= 0.6 is 22.6 Å². The number of phenols is 1. The highest BCUT2D eigenvalue weighted by Gasteiger charge is 2.17. The number of rotatable bonds is 1. The first-order valence-electron chi connectivity index (χ1n) is 4.32. The number of phenolic OH excluding ortho intramolecular Hbond substituents is 1. The van der Waals surface area contributed by atoms with Crippen LogP contribution in [0.1, 0.15) is 30.5 Å². The molecule has 0 spiro atoms. The highest BCUT2D eigenvalue weighted by Crippen LogP contribution is 2.34. The van der Waals surface area contributed by atoms with E-state index >= 15 is 0 Å². The molecule has 13 heavy (non-hydrogen) atoms. The Morgan fingerprint density at radius 2 is 1.54 bits per heavy atom. The Kier molecular flexibility index (Phi) is 2.90. The molecule has 2 heteroatoms. The van der Waals surface area contributed by atoms with Gasteiger partial charge in [-0.15, -0.1) is 0 Å². The lowest BCUT2D eigenvalue weighted by Gasteiger charge is -2.19. The van der Waals surface area contributed by atoms with Crippen LogP contribution in [0, 0.1) is 13.8 Å². The molecule has 0 aromatic heterocycles. The number of aryl methyl sites for hydroxylation is 2. The van der Waals surface area contributed by atoms with E-state index in [9.17, 15) is 5.11 Å². The summed E-state index contributed by atoms with van der Waals surface area (Å²) < 4.78 is 0.126. The number of aromatic hydroxyl groups is 1. The normalized spacial score (nSPS) is 11.8. The lowest BCUT2D eigenvalue weighted by Crippen LogP contribution is -2.07. The Bertz CT molecular complexity index is 300. The molecule has 0 amide bonds. The summed E-state index contributed by atoms with van der Waals surface area (Å²) in [4.78, 5) is 0. The van der Waals surface area contributed by atoms with E-state index in [1.54, 1.807) is 0 Å². The third kappa shape index (κ3) is 2.36. The number of hydrogen-bond donors (Lipinski definition) is 1. The van der Waals surface area contributed by atoms with Crippen molar-refractivity contribution in [3.63, 3.8) is 0 Å². The molecular formula is C11H15IO. The molecule has 0 heterocycles. The van der Waals surface area contributed by atoms with Crippen LogP contribution in [0.25, 0.3) is 0 Å². The maximum absolute atomic E-state index is 9.59. The van der Waals surface area contributed by atoms with E-state index in [1.165, 1.54) is 5.56 Å². The van der Waals surface area contributed by atoms with E-state index in [1.807, 2.05) is 13.8 Å². The maximum atomic E-state index is 9.59. The zero-order valence-electron chi connectivity index (χ0n) is 8.48. The van der Waals surface area contributed by atoms with Crippen molar-refractivity contribution in [1.29, 1.82) is 0 Å². The number of halogens is 1. The van der Waals surface area contributed by atoms with Crippen molar-refractivity contribution in [3.05, 3.63) is 28.8 Å². The molecule has 1 aromatic rings. The average molecular weight is 290 g/mol. The topological polar surface area (TPSA) is 20.2 Å². The molecule has 1 aromatic carbocycles. The molecule has 0 saturated carbocycles. The predicted octanol–water partition coefficient (Wildman–Crippen LogP) is 3.68. The van der Waals surface area contributed by atoms with Gasteiger partial charge in [0.2, 0.25) is 0 Å². The van der Waals surface area contributed by atoms with Gasteiger partial charge in [-0.1, -0.05) is 34.7 Å². The van der Waals surface area contributed by atoms with Crippen LogP contribution in [0.3, 0.4) is 0 Å². The molecule has 0 radical (unpaired) electrons. The number of benzene rings is 1. The Morgan fingerprint density at radius 1 is 1.15 bits per heavy atom. The van der Waals surface area contributed by atoms with E-state index in [2.05, 4.69) is 48.6 Å². The summed E-state index contributed by atoms with van der Waals surface area (Å²) in [5.41, 5.74) is 3.18. The van der Waals surface area contributed by atoms with Crippen molar-refractivity contribution in [3.8, 4) is 5.75 Å². The van der Waals surface area contributed by atoms with E-state index in [0.717, 1.165) is 11.1 Å². The molecule has 72 valence electrons. The highest BCUT2D eigenvalue weighted by atomic mass is 127. The largest absolute Gasteiger partial charge is 0.507 e. The number of hydrogen-bond acceptors (Lipinski definition) is 1. The number of alkyl halides is 1. The van der Waals surface area contributed by atoms with Crippen LogP contribution in [-0.4, -0.2) is 5.11 Å². The second-order valence-corrected chi connectivity index (χ2v) is 6.63. The van der Waals surface area contributed by atoms with Gasteiger partial charge in [0.15, 0.2) is 0 Å². The van der Waals surface area contributed by atoms with Gasteiger partial charge in [-0.3, -0.25) is 0 Å². The fraction of sp³-hybridized carbons (Fsp3) is 0.455. The Labute approximate surface area is 93.3 Å². The van der Waals surface area contributed by atoms with Crippen LogP contribution in [0.5, 0.6) is 5.75 Å². The summed E-state index contributed by atoms with van der Waals surface area (Å²) in [6.07, 6.45) is 0. The molecule has 1 rings (SSSR count). The average Bonchev–Trinajstić information content (AvgIpc) is 1.97. The van der Waals surface area contributed by atoms with Crippen molar-refractivity contribution in [2.45, 2.75) is 31.1 Å². The SMILES string of the molecule is Cc1cc(C(C)(C)I)cc(C)c1O. The van der Waals surface area contributed by atoms with Gasteiger partial charge >= 0.3 is 0 Å². The van der Waals surface area contributed by atoms with Crippen LogP contribution < -0.4 is 0 Å². The molecule has 1 N–H and O–H groups in total. The molecule has 1 nitrogen and oxygen atoms in total. The fourth-order valence-corrected chi connectivity index (χ4v) is 1.61. The summed E-state index contributed by atoms with van der Waals surface area (Å²) in [6.45, 7) is 8.21. The monoisotopic (exact) mass is 290 g/mol. The molecule has 0 unspecified atom stereocenters. The Hall–Kier alpha value is -0.250. The van der Waals surface area contributed by atoms with Crippen molar-refractivity contribution < 1.29 is 5.11 Å². The molecule has 0 atom stereocenters. The van der Waals surface area contributed by atoms with Gasteiger partial charge in [0.1, 0.15) is 5.75 Å². The summed E-state index contributed by atoms with van der Waals surface area (Å²) in [6, 6.07) is 4.10. The van der Waals surface area contributed by atoms with Crippen molar-refractivity contribution in [1.82, 2.24) is 0 Å². The van der Waals surface area contributed by atoms with E-state index in [4.69, 9.17) is 0 Å². The predicted molar refractivity (Wildman–Crippen MR) is 64.6 cm³/mol. The standard InChI is InChI=1S/C11H15IO/c1-7-5-9(11(3,4)12)6-8(2)10(7)13/h5-6,13H,1-4H3. The van der Waals surface area contributed by atoms with E-state index in [0.29, 0.717) is 5.75 Å². The molecule has 0 saturated heterocycles. The molecule has 0 aliphatic heterocycles. The molecular weight excluding hydrogens is 275 g/mol. The van der Waals surface area contributed by atoms with E-state index in [-0.39, 0.29) is 3.42 Å². The van der Waals surface area contributed by atoms with Gasteiger partial charge < -0.3 is 5.11 Å². The van der Waals surface area contributed by atoms with Crippen LogP contribution in [0.4, 0.5) is 0 Å². The first-order valence-corrected chi connectivity index (χ1v) is 5.40. The summed E-state index contributed by atoms with van der Waals surface area (Å²) >= 11 is 2.41. The minimum absolute atomic E-state index is 0.126. The molecule has 0 aliphatic carbocycles. The minimum Gasteiger partial charge on any atom is -0.507 e. The van der Waals surface area contributed by atoms with Gasteiger partial charge in [0.05, 0.1) is 0 Å². The molecule has 0 fully saturated rings. The third-order valence-electron chi connectivity index (χ3n) is 2.18. The summed E-state index contributed by atoms with van der Waals surface area (Å²) in [5.74, 6) is 0.421. The smallest absolute Gasteiger partial charge is 0.121 e. The van der Waals surface area contributed by atoms with Gasteiger partial charge in [0.25, 0.3) is 0 Å². The lowest BCUT2D eigenvalue weighted by atomic mass is 9.98. The van der Waals surface area contributed by atoms with Gasteiger partial charge in [-0.05, 0) is 44.4 Å². The van der Waals surface area contributed by atoms with E-state index < -0.39 is 0 Å². The van der Waals surface area contributed by atoms with Gasteiger partial charge in [0, 0.05) is 3.42 Å². The molecule has 0 aliphatic rings. The quantitative estimate of drug-likeness (QED) is 0.618. The van der Waals surface area contributed by atoms with Gasteiger partial charge in [-0.2, -0.15) is 0 Å². The second kappa shape index (κ2) is 3.48. The highest BCUT2D eigenvalue weighted by molar-refractivity contribution is 14.1. The summed E-state index contributed by atoms with van der Waals surface area (Å²) in [5, 5.41) is 9.59. The third-order valence-corrected chi connectivity index (χ3v) is 2.80. The lowest BCUT2D eigenvalue weighted by molar-refractivity contribution is 0.466. The van der Waals surface area contributed by atoms with Gasteiger partial charge in [-0.25, -0.2) is 0 Å². The zero-order chi connectivity index (χ0) is 10.2. The Morgan fingerprint density at radius 3 is 1.85 bits per heavy atom. The first-order chi connectivity index (χ1) is 5.82. The van der Waals surface area contributed by atoms with Crippen molar-refractivity contribution in [2.24, 2.45) is 0 Å². The van der Waals surface area contributed by atoms with Crippen LogP contribution in [-0.2, 0) is 3.42 Å². The van der Waals surface area contributed by atoms with Crippen LogP contribution in [0.15, 0.2) is 12.1 Å².